The standard InChI is InChI=1S/C11H9BrClN/c1-2-7-3-4-8-9(5-7)10(12)6-14-11(8)13/h3-6H,2H2,1H3. The molecule has 0 atom stereocenters. The fourth-order valence-electron chi connectivity index (χ4n) is 1.44. The van der Waals surface area contributed by atoms with E-state index in [9.17, 15) is 0 Å². The number of halogens is 2. The third-order valence-corrected chi connectivity index (χ3v) is 3.20. The summed E-state index contributed by atoms with van der Waals surface area (Å²) in [4.78, 5) is 4.08. The molecule has 1 heterocycles. The lowest BCUT2D eigenvalue weighted by Crippen LogP contribution is -1.84. The van der Waals surface area contributed by atoms with Crippen molar-refractivity contribution in [1.82, 2.24) is 4.98 Å². The van der Waals surface area contributed by atoms with Crippen LogP contribution in [0.3, 0.4) is 0 Å². The Kier molecular flexibility index (Phi) is 2.75. The van der Waals surface area contributed by atoms with Gasteiger partial charge in [-0.05, 0) is 34.0 Å². The van der Waals surface area contributed by atoms with Crippen molar-refractivity contribution in [3.8, 4) is 0 Å². The molecule has 0 spiro atoms. The van der Waals surface area contributed by atoms with Gasteiger partial charge in [0.1, 0.15) is 5.15 Å². The monoisotopic (exact) mass is 269 g/mol. The second kappa shape index (κ2) is 3.87. The van der Waals surface area contributed by atoms with Gasteiger partial charge in [0.25, 0.3) is 0 Å². The van der Waals surface area contributed by atoms with Crippen LogP contribution in [0.1, 0.15) is 12.5 Å². The minimum atomic E-state index is 0.561. The Labute approximate surface area is 96.2 Å². The first-order chi connectivity index (χ1) is 6.72. The summed E-state index contributed by atoms with van der Waals surface area (Å²) in [5.41, 5.74) is 1.31. The average Bonchev–Trinajstić information content (AvgIpc) is 2.23. The molecule has 3 heteroatoms. The van der Waals surface area contributed by atoms with E-state index in [1.54, 1.807) is 6.20 Å². The Balaban J connectivity index is 2.80. The highest BCUT2D eigenvalue weighted by Crippen LogP contribution is 2.28. The van der Waals surface area contributed by atoms with E-state index in [1.807, 2.05) is 6.07 Å². The number of aromatic nitrogens is 1. The molecule has 0 N–H and O–H groups in total. The van der Waals surface area contributed by atoms with Crippen LogP contribution in [0.15, 0.2) is 28.9 Å². The van der Waals surface area contributed by atoms with Crippen LogP contribution in [0.4, 0.5) is 0 Å². The molecule has 14 heavy (non-hydrogen) atoms. The zero-order valence-electron chi connectivity index (χ0n) is 7.72. The van der Waals surface area contributed by atoms with Crippen LogP contribution in [-0.2, 0) is 6.42 Å². The van der Waals surface area contributed by atoms with Crippen LogP contribution in [0.2, 0.25) is 5.15 Å². The van der Waals surface area contributed by atoms with Gasteiger partial charge in [-0.25, -0.2) is 4.98 Å². The van der Waals surface area contributed by atoms with Gasteiger partial charge in [0.2, 0.25) is 0 Å². The number of rotatable bonds is 1. The highest BCUT2D eigenvalue weighted by atomic mass is 79.9. The first kappa shape index (κ1) is 9.94. The third-order valence-electron chi connectivity index (χ3n) is 2.26. The van der Waals surface area contributed by atoms with Crippen LogP contribution in [0, 0.1) is 0 Å². The smallest absolute Gasteiger partial charge is 0.136 e. The molecule has 0 radical (unpaired) electrons. The molecule has 2 aromatic rings. The lowest BCUT2D eigenvalue weighted by molar-refractivity contribution is 1.14. The van der Waals surface area contributed by atoms with Crippen molar-refractivity contribution < 1.29 is 0 Å². The summed E-state index contributed by atoms with van der Waals surface area (Å²) in [6, 6.07) is 6.25. The first-order valence-electron chi connectivity index (χ1n) is 4.45. The predicted molar refractivity (Wildman–Crippen MR) is 63.8 cm³/mol. The van der Waals surface area contributed by atoms with Crippen molar-refractivity contribution in [3.63, 3.8) is 0 Å². The van der Waals surface area contributed by atoms with Gasteiger partial charge in [0.05, 0.1) is 0 Å². The Morgan fingerprint density at radius 2 is 2.14 bits per heavy atom. The number of benzene rings is 1. The van der Waals surface area contributed by atoms with Crippen molar-refractivity contribution in [2.75, 3.05) is 0 Å². The summed E-state index contributed by atoms with van der Waals surface area (Å²) in [5.74, 6) is 0. The molecule has 0 saturated carbocycles. The van der Waals surface area contributed by atoms with E-state index in [-0.39, 0.29) is 0 Å². The molecule has 0 aliphatic rings. The molecule has 0 aliphatic carbocycles. The van der Waals surface area contributed by atoms with E-state index >= 15 is 0 Å². The van der Waals surface area contributed by atoms with Gasteiger partial charge in [-0.1, -0.05) is 30.7 Å². The van der Waals surface area contributed by atoms with Crippen LogP contribution in [-0.4, -0.2) is 4.98 Å². The number of nitrogens with zero attached hydrogens (tertiary/aromatic N) is 1. The lowest BCUT2D eigenvalue weighted by Gasteiger charge is -2.04. The van der Waals surface area contributed by atoms with Gasteiger partial charge in [0.15, 0.2) is 0 Å². The minimum absolute atomic E-state index is 0.561. The van der Waals surface area contributed by atoms with Gasteiger partial charge in [-0.15, -0.1) is 0 Å². The molecule has 72 valence electrons. The summed E-state index contributed by atoms with van der Waals surface area (Å²) < 4.78 is 0.993. The largest absolute Gasteiger partial charge is 0.243 e. The van der Waals surface area contributed by atoms with Crippen molar-refractivity contribution in [3.05, 3.63) is 39.6 Å². The first-order valence-corrected chi connectivity index (χ1v) is 5.62. The Morgan fingerprint density at radius 1 is 1.36 bits per heavy atom. The van der Waals surface area contributed by atoms with Gasteiger partial charge in [0, 0.05) is 21.4 Å². The zero-order valence-corrected chi connectivity index (χ0v) is 10.1. The quantitative estimate of drug-likeness (QED) is 0.707. The molecule has 0 fully saturated rings. The Bertz CT molecular complexity index is 482. The Hall–Kier alpha value is -0.600. The number of pyridine rings is 1. The minimum Gasteiger partial charge on any atom is -0.243 e. The number of hydrogen-bond acceptors (Lipinski definition) is 1. The van der Waals surface area contributed by atoms with E-state index in [4.69, 9.17) is 11.6 Å². The highest BCUT2D eigenvalue weighted by Gasteiger charge is 2.04. The Morgan fingerprint density at radius 3 is 2.86 bits per heavy atom. The predicted octanol–water partition coefficient (Wildman–Crippen LogP) is 4.21. The summed E-state index contributed by atoms with van der Waals surface area (Å²) in [5, 5.41) is 2.69. The summed E-state index contributed by atoms with van der Waals surface area (Å²) in [6.07, 6.45) is 2.77. The third kappa shape index (κ3) is 1.64. The van der Waals surface area contributed by atoms with Crippen molar-refractivity contribution >= 4 is 38.3 Å². The van der Waals surface area contributed by atoms with E-state index in [0.29, 0.717) is 5.15 Å². The van der Waals surface area contributed by atoms with Crippen molar-refractivity contribution in [2.24, 2.45) is 0 Å². The molecular weight excluding hydrogens is 261 g/mol. The SMILES string of the molecule is CCc1ccc2c(Cl)ncc(Br)c2c1. The fourth-order valence-corrected chi connectivity index (χ4v) is 2.09. The molecule has 0 saturated heterocycles. The summed E-state index contributed by atoms with van der Waals surface area (Å²) in [7, 11) is 0. The van der Waals surface area contributed by atoms with E-state index in [1.165, 1.54) is 5.56 Å². The molecule has 0 bridgehead atoms. The number of fused-ring (bicyclic) bond motifs is 1. The number of hydrogen-bond donors (Lipinski definition) is 0. The molecule has 1 aromatic carbocycles. The van der Waals surface area contributed by atoms with Crippen LogP contribution >= 0.6 is 27.5 Å². The van der Waals surface area contributed by atoms with Crippen LogP contribution in [0.5, 0.6) is 0 Å². The highest BCUT2D eigenvalue weighted by molar-refractivity contribution is 9.10. The maximum Gasteiger partial charge on any atom is 0.136 e. The van der Waals surface area contributed by atoms with Crippen molar-refractivity contribution in [1.29, 1.82) is 0 Å². The number of aryl methyl sites for hydroxylation is 1. The molecule has 0 aliphatic heterocycles. The summed E-state index contributed by atoms with van der Waals surface area (Å²) in [6.45, 7) is 2.14. The van der Waals surface area contributed by atoms with Gasteiger partial charge in [-0.2, -0.15) is 0 Å². The summed E-state index contributed by atoms with van der Waals surface area (Å²) >= 11 is 9.47. The van der Waals surface area contributed by atoms with Crippen molar-refractivity contribution in [2.45, 2.75) is 13.3 Å². The van der Waals surface area contributed by atoms with E-state index in [2.05, 4.69) is 40.0 Å². The fraction of sp³-hybridized carbons (Fsp3) is 0.182. The van der Waals surface area contributed by atoms with E-state index in [0.717, 1.165) is 21.7 Å². The second-order valence-corrected chi connectivity index (χ2v) is 4.34. The average molecular weight is 271 g/mol. The zero-order chi connectivity index (χ0) is 10.1. The van der Waals surface area contributed by atoms with E-state index < -0.39 is 0 Å². The molecule has 0 amide bonds. The molecule has 1 aromatic heterocycles. The van der Waals surface area contributed by atoms with Gasteiger partial charge in [-0.3, -0.25) is 0 Å². The molecule has 2 rings (SSSR count). The molecular formula is C11H9BrClN. The van der Waals surface area contributed by atoms with Gasteiger partial charge >= 0.3 is 0 Å². The lowest BCUT2D eigenvalue weighted by atomic mass is 10.1. The van der Waals surface area contributed by atoms with Crippen LogP contribution in [0.25, 0.3) is 10.8 Å². The second-order valence-electron chi connectivity index (χ2n) is 3.13. The normalized spacial score (nSPS) is 10.8. The van der Waals surface area contributed by atoms with Crippen LogP contribution < -0.4 is 0 Å². The topological polar surface area (TPSA) is 12.9 Å². The van der Waals surface area contributed by atoms with Gasteiger partial charge < -0.3 is 0 Å². The molecule has 0 unspecified atom stereocenters. The molecule has 1 nitrogen and oxygen atoms in total. The maximum absolute atomic E-state index is 5.99. The maximum atomic E-state index is 5.99.